The van der Waals surface area contributed by atoms with Gasteiger partial charge >= 0.3 is 0 Å². The van der Waals surface area contributed by atoms with E-state index in [4.69, 9.17) is 4.42 Å². The molecule has 0 spiro atoms. The Bertz CT molecular complexity index is 1420. The van der Waals surface area contributed by atoms with Gasteiger partial charge in [0.05, 0.1) is 5.56 Å². The normalized spacial score (nSPS) is 11.2. The second-order valence-electron chi connectivity index (χ2n) is 8.00. The molecule has 0 aliphatic carbocycles. The van der Waals surface area contributed by atoms with Crippen LogP contribution < -0.4 is 0 Å². The van der Waals surface area contributed by atoms with E-state index in [9.17, 15) is 9.90 Å². The SMILES string of the molecule is Cc1oc2ccccc2c1C(=O)N(Cc1ccccc1)Cc1cccc2cc(O)ccc12. The molecule has 0 unspecified atom stereocenters. The van der Waals surface area contributed by atoms with Crippen LogP contribution in [0.4, 0.5) is 0 Å². The Balaban J connectivity index is 1.58. The average molecular weight is 421 g/mol. The molecule has 0 saturated carbocycles. The Kier molecular flexibility index (Phi) is 5.12. The first-order valence-electron chi connectivity index (χ1n) is 10.6. The van der Waals surface area contributed by atoms with Crippen molar-refractivity contribution in [3.8, 4) is 5.75 Å². The molecule has 32 heavy (non-hydrogen) atoms. The monoisotopic (exact) mass is 421 g/mol. The number of para-hydroxylation sites is 1. The molecule has 4 aromatic carbocycles. The topological polar surface area (TPSA) is 53.7 Å². The largest absolute Gasteiger partial charge is 0.508 e. The number of furan rings is 1. The third-order valence-corrected chi connectivity index (χ3v) is 5.80. The van der Waals surface area contributed by atoms with Gasteiger partial charge in [-0.2, -0.15) is 0 Å². The second kappa shape index (κ2) is 8.23. The number of phenols is 1. The molecule has 4 nitrogen and oxygen atoms in total. The number of carbonyl (C=O) groups is 1. The summed E-state index contributed by atoms with van der Waals surface area (Å²) in [6.07, 6.45) is 0. The van der Waals surface area contributed by atoms with Gasteiger partial charge in [0.1, 0.15) is 17.1 Å². The number of hydrogen-bond acceptors (Lipinski definition) is 3. The van der Waals surface area contributed by atoms with Crippen molar-refractivity contribution in [2.75, 3.05) is 0 Å². The van der Waals surface area contributed by atoms with E-state index in [1.165, 1.54) is 0 Å². The van der Waals surface area contributed by atoms with Crippen molar-refractivity contribution < 1.29 is 14.3 Å². The highest BCUT2D eigenvalue weighted by Crippen LogP contribution is 2.29. The van der Waals surface area contributed by atoms with Gasteiger partial charge in [-0.3, -0.25) is 4.79 Å². The van der Waals surface area contributed by atoms with Gasteiger partial charge < -0.3 is 14.4 Å². The van der Waals surface area contributed by atoms with Crippen molar-refractivity contribution in [2.24, 2.45) is 0 Å². The van der Waals surface area contributed by atoms with Crippen molar-refractivity contribution >= 4 is 27.6 Å². The molecule has 4 heteroatoms. The summed E-state index contributed by atoms with van der Waals surface area (Å²) in [6.45, 7) is 2.76. The molecule has 5 rings (SSSR count). The minimum absolute atomic E-state index is 0.0629. The van der Waals surface area contributed by atoms with Gasteiger partial charge in [-0.1, -0.05) is 72.8 Å². The van der Waals surface area contributed by atoms with Crippen molar-refractivity contribution in [2.45, 2.75) is 20.0 Å². The molecule has 0 fully saturated rings. The first-order valence-corrected chi connectivity index (χ1v) is 10.6. The average Bonchev–Trinajstić information content (AvgIpc) is 3.14. The summed E-state index contributed by atoms with van der Waals surface area (Å²) >= 11 is 0. The number of aromatic hydroxyl groups is 1. The van der Waals surface area contributed by atoms with E-state index < -0.39 is 0 Å². The van der Waals surface area contributed by atoms with Crippen LogP contribution in [0.25, 0.3) is 21.7 Å². The van der Waals surface area contributed by atoms with Crippen molar-refractivity contribution in [3.63, 3.8) is 0 Å². The van der Waals surface area contributed by atoms with E-state index in [-0.39, 0.29) is 11.7 Å². The maximum Gasteiger partial charge on any atom is 0.258 e. The summed E-state index contributed by atoms with van der Waals surface area (Å²) in [7, 11) is 0. The Morgan fingerprint density at radius 3 is 2.47 bits per heavy atom. The van der Waals surface area contributed by atoms with E-state index >= 15 is 0 Å². The van der Waals surface area contributed by atoms with Crippen LogP contribution in [0.2, 0.25) is 0 Å². The third kappa shape index (κ3) is 3.71. The van der Waals surface area contributed by atoms with Crippen LogP contribution in [0, 0.1) is 6.92 Å². The molecule has 1 amide bonds. The molecule has 158 valence electrons. The summed E-state index contributed by atoms with van der Waals surface area (Å²) in [5.74, 6) is 0.788. The second-order valence-corrected chi connectivity index (χ2v) is 8.00. The van der Waals surface area contributed by atoms with E-state index in [2.05, 4.69) is 0 Å². The number of rotatable bonds is 5. The zero-order valence-electron chi connectivity index (χ0n) is 17.8. The lowest BCUT2D eigenvalue weighted by Gasteiger charge is -2.24. The van der Waals surface area contributed by atoms with Crippen LogP contribution in [0.1, 0.15) is 27.2 Å². The number of aryl methyl sites for hydroxylation is 1. The number of amides is 1. The maximum absolute atomic E-state index is 13.9. The third-order valence-electron chi connectivity index (χ3n) is 5.80. The van der Waals surface area contributed by atoms with Crippen molar-refractivity contribution in [1.29, 1.82) is 0 Å². The predicted molar refractivity (Wildman–Crippen MR) is 127 cm³/mol. The number of carbonyl (C=O) groups excluding carboxylic acids is 1. The van der Waals surface area contributed by atoms with Gasteiger partial charge in [0.2, 0.25) is 0 Å². The molecule has 0 bridgehead atoms. The number of hydrogen-bond donors (Lipinski definition) is 1. The van der Waals surface area contributed by atoms with E-state index in [1.54, 1.807) is 12.1 Å². The molecule has 0 radical (unpaired) electrons. The highest BCUT2D eigenvalue weighted by atomic mass is 16.3. The fourth-order valence-electron chi connectivity index (χ4n) is 4.28. The van der Waals surface area contributed by atoms with Gasteiger partial charge in [-0.05, 0) is 47.0 Å². The summed E-state index contributed by atoms with van der Waals surface area (Å²) in [5.41, 5.74) is 3.41. The van der Waals surface area contributed by atoms with Crippen LogP contribution >= 0.6 is 0 Å². The number of benzene rings is 4. The number of phenolic OH excluding ortho intramolecular Hbond substituents is 1. The highest BCUT2D eigenvalue weighted by molar-refractivity contribution is 6.07. The molecule has 1 heterocycles. The zero-order valence-corrected chi connectivity index (χ0v) is 17.8. The summed E-state index contributed by atoms with van der Waals surface area (Å²) < 4.78 is 5.88. The Morgan fingerprint density at radius 2 is 1.62 bits per heavy atom. The van der Waals surface area contributed by atoms with Crippen LogP contribution in [0.5, 0.6) is 5.75 Å². The van der Waals surface area contributed by atoms with Crippen LogP contribution in [-0.4, -0.2) is 15.9 Å². The van der Waals surface area contributed by atoms with Crippen molar-refractivity contribution in [1.82, 2.24) is 4.90 Å². The standard InChI is InChI=1S/C28H23NO3/c1-19-27(25-12-5-6-13-26(25)32-19)28(31)29(17-20-8-3-2-4-9-20)18-22-11-7-10-21-16-23(30)14-15-24(21)22/h2-16,30H,17-18H2,1H3. The van der Waals surface area contributed by atoms with Crippen molar-refractivity contribution in [3.05, 3.63) is 113 Å². The minimum atomic E-state index is -0.0629. The van der Waals surface area contributed by atoms with Crippen LogP contribution in [0.15, 0.2) is 95.4 Å². The lowest BCUT2D eigenvalue weighted by atomic mass is 10.0. The lowest BCUT2D eigenvalue weighted by molar-refractivity contribution is 0.0730. The molecular formula is C28H23NO3. The van der Waals surface area contributed by atoms with Gasteiger partial charge in [-0.25, -0.2) is 0 Å². The predicted octanol–water partition coefficient (Wildman–Crippen LogP) is 6.44. The fraction of sp³-hybridized carbons (Fsp3) is 0.107. The Labute approximate surface area is 186 Å². The zero-order chi connectivity index (χ0) is 22.1. The summed E-state index contributed by atoms with van der Waals surface area (Å²) in [6, 6.07) is 28.9. The smallest absolute Gasteiger partial charge is 0.258 e. The number of fused-ring (bicyclic) bond motifs is 2. The van der Waals surface area contributed by atoms with Gasteiger partial charge in [0.25, 0.3) is 5.91 Å². The van der Waals surface area contributed by atoms with Gasteiger partial charge in [0, 0.05) is 18.5 Å². The van der Waals surface area contributed by atoms with Crippen LogP contribution in [-0.2, 0) is 13.1 Å². The highest BCUT2D eigenvalue weighted by Gasteiger charge is 2.24. The van der Waals surface area contributed by atoms with E-state index in [0.29, 0.717) is 30.0 Å². The van der Waals surface area contributed by atoms with E-state index in [1.807, 2.05) is 90.7 Å². The Hall–Kier alpha value is -4.05. The molecule has 1 N–H and O–H groups in total. The maximum atomic E-state index is 13.9. The molecular weight excluding hydrogens is 398 g/mol. The fourth-order valence-corrected chi connectivity index (χ4v) is 4.28. The summed E-state index contributed by atoms with van der Waals surface area (Å²) in [4.78, 5) is 15.7. The number of nitrogens with zero attached hydrogens (tertiary/aromatic N) is 1. The van der Waals surface area contributed by atoms with E-state index in [0.717, 1.165) is 27.3 Å². The first-order chi connectivity index (χ1) is 15.6. The van der Waals surface area contributed by atoms with Gasteiger partial charge in [0.15, 0.2) is 0 Å². The lowest BCUT2D eigenvalue weighted by Crippen LogP contribution is -2.30. The molecule has 5 aromatic rings. The molecule has 0 aliphatic heterocycles. The minimum Gasteiger partial charge on any atom is -0.508 e. The quantitative estimate of drug-likeness (QED) is 0.355. The van der Waals surface area contributed by atoms with Crippen LogP contribution in [0.3, 0.4) is 0 Å². The summed E-state index contributed by atoms with van der Waals surface area (Å²) in [5, 5.41) is 12.7. The molecule has 0 saturated heterocycles. The molecule has 0 aliphatic rings. The molecule has 1 aromatic heterocycles. The Morgan fingerprint density at radius 1 is 0.844 bits per heavy atom. The van der Waals surface area contributed by atoms with Gasteiger partial charge in [-0.15, -0.1) is 0 Å². The first kappa shape index (κ1) is 19.9. The molecule has 0 atom stereocenters.